The molecule has 1 aromatic carbocycles. The quantitative estimate of drug-likeness (QED) is 0.570. The molecule has 2 fully saturated rings. The molecule has 1 amide bonds. The number of carbonyl (C=O) groups is 1. The van der Waals surface area contributed by atoms with Gasteiger partial charge in [0.2, 0.25) is 17.6 Å². The average Bonchev–Trinajstić information content (AvgIpc) is 3.56. The summed E-state index contributed by atoms with van der Waals surface area (Å²) in [6, 6.07) is 13.9. The molecule has 0 bridgehead atoms. The minimum absolute atomic E-state index is 0.133. The van der Waals surface area contributed by atoms with Gasteiger partial charge in [-0.1, -0.05) is 23.4 Å². The van der Waals surface area contributed by atoms with Crippen LogP contribution in [0.1, 0.15) is 49.1 Å². The van der Waals surface area contributed by atoms with Gasteiger partial charge in [0.15, 0.2) is 0 Å². The second-order valence-electron chi connectivity index (χ2n) is 8.74. The van der Waals surface area contributed by atoms with Gasteiger partial charge in [-0.3, -0.25) is 14.7 Å². The molecular weight excluding hydrogens is 418 g/mol. The van der Waals surface area contributed by atoms with Crippen molar-refractivity contribution in [3.05, 3.63) is 60.1 Å². The first kappa shape index (κ1) is 21.6. The Labute approximate surface area is 193 Å². The third-order valence-electron chi connectivity index (χ3n) is 6.68. The summed E-state index contributed by atoms with van der Waals surface area (Å²) in [5, 5.41) is 4.10. The highest BCUT2D eigenvalue weighted by Gasteiger charge is 2.32. The van der Waals surface area contributed by atoms with E-state index in [2.05, 4.69) is 26.1 Å². The molecule has 1 unspecified atom stereocenters. The zero-order chi connectivity index (χ0) is 22.6. The monoisotopic (exact) mass is 447 g/mol. The molecule has 8 heteroatoms. The summed E-state index contributed by atoms with van der Waals surface area (Å²) < 4.78 is 10.9. The number of carbonyl (C=O) groups excluding carboxylic acids is 1. The Balaban J connectivity index is 1.16. The van der Waals surface area contributed by atoms with E-state index < -0.39 is 0 Å². The summed E-state index contributed by atoms with van der Waals surface area (Å²) in [6.07, 6.45) is 5.55. The van der Waals surface area contributed by atoms with E-state index in [1.54, 1.807) is 13.3 Å². The lowest BCUT2D eigenvalue weighted by Crippen LogP contribution is -2.43. The molecule has 3 aromatic rings. The number of aromatic nitrogens is 3. The molecule has 2 aromatic heterocycles. The molecule has 2 saturated heterocycles. The molecule has 0 N–H and O–H groups in total. The number of pyridine rings is 1. The van der Waals surface area contributed by atoms with E-state index in [9.17, 15) is 4.79 Å². The Hall–Kier alpha value is -3.26. The fourth-order valence-electron chi connectivity index (χ4n) is 4.88. The van der Waals surface area contributed by atoms with Gasteiger partial charge in [-0.05, 0) is 68.6 Å². The fourth-order valence-corrected chi connectivity index (χ4v) is 4.88. The summed E-state index contributed by atoms with van der Waals surface area (Å²) in [7, 11) is 1.67. The number of hydrogen-bond acceptors (Lipinski definition) is 7. The van der Waals surface area contributed by atoms with Crippen molar-refractivity contribution in [3.8, 4) is 17.3 Å². The van der Waals surface area contributed by atoms with Crippen LogP contribution in [0.25, 0.3) is 11.5 Å². The van der Waals surface area contributed by atoms with Crippen molar-refractivity contribution in [2.45, 2.75) is 37.6 Å². The third-order valence-corrected chi connectivity index (χ3v) is 6.68. The smallest absolute Gasteiger partial charge is 0.237 e. The van der Waals surface area contributed by atoms with Crippen molar-refractivity contribution in [1.82, 2.24) is 24.9 Å². The van der Waals surface area contributed by atoms with Crippen molar-refractivity contribution in [3.63, 3.8) is 0 Å². The van der Waals surface area contributed by atoms with Crippen LogP contribution < -0.4 is 4.74 Å². The standard InChI is InChI=1S/C25H29N5O3/c1-32-20-7-4-6-19(16-20)22-9-5-13-30(22)23(31)17-29-14-10-18(11-15-29)25-27-24(28-33-25)21-8-2-3-12-26-21/h2-4,6-8,12,16,18,22H,5,9-11,13-15,17H2,1H3. The summed E-state index contributed by atoms with van der Waals surface area (Å²) >= 11 is 0. The maximum atomic E-state index is 13.2. The number of nitrogens with zero attached hydrogens (tertiary/aromatic N) is 5. The lowest BCUT2D eigenvalue weighted by atomic mass is 9.96. The average molecular weight is 448 g/mol. The van der Waals surface area contributed by atoms with Crippen LogP contribution in [0.2, 0.25) is 0 Å². The maximum Gasteiger partial charge on any atom is 0.237 e. The molecular formula is C25H29N5O3. The van der Waals surface area contributed by atoms with Crippen LogP contribution in [0.3, 0.4) is 0 Å². The Morgan fingerprint density at radius 1 is 1.12 bits per heavy atom. The van der Waals surface area contributed by atoms with Crippen LogP contribution in [0.4, 0.5) is 0 Å². The Morgan fingerprint density at radius 3 is 2.79 bits per heavy atom. The van der Waals surface area contributed by atoms with Gasteiger partial charge in [0.05, 0.1) is 19.7 Å². The number of methoxy groups -OCH3 is 1. The summed E-state index contributed by atoms with van der Waals surface area (Å²) in [5.41, 5.74) is 1.87. The molecule has 0 aliphatic carbocycles. The molecule has 2 aliphatic heterocycles. The number of hydrogen-bond donors (Lipinski definition) is 0. The normalized spacial score (nSPS) is 19.7. The zero-order valence-corrected chi connectivity index (χ0v) is 18.9. The first-order valence-electron chi connectivity index (χ1n) is 11.6. The fraction of sp³-hybridized carbons (Fsp3) is 0.440. The molecule has 8 nitrogen and oxygen atoms in total. The molecule has 0 spiro atoms. The van der Waals surface area contributed by atoms with Gasteiger partial charge in [0.25, 0.3) is 0 Å². The van der Waals surface area contributed by atoms with Gasteiger partial charge in [-0.25, -0.2) is 0 Å². The minimum Gasteiger partial charge on any atom is -0.497 e. The summed E-state index contributed by atoms with van der Waals surface area (Å²) in [6.45, 7) is 2.95. The maximum absolute atomic E-state index is 13.2. The molecule has 2 aliphatic rings. The van der Waals surface area contributed by atoms with E-state index in [1.165, 1.54) is 0 Å². The second-order valence-corrected chi connectivity index (χ2v) is 8.74. The Bertz CT molecular complexity index is 1080. The van der Waals surface area contributed by atoms with Gasteiger partial charge < -0.3 is 14.2 Å². The highest BCUT2D eigenvalue weighted by atomic mass is 16.5. The lowest BCUT2D eigenvalue weighted by Gasteiger charge is -2.32. The summed E-state index contributed by atoms with van der Waals surface area (Å²) in [5.74, 6) is 2.45. The van der Waals surface area contributed by atoms with E-state index in [4.69, 9.17) is 9.26 Å². The first-order valence-corrected chi connectivity index (χ1v) is 11.6. The van der Waals surface area contributed by atoms with Gasteiger partial charge in [0.1, 0.15) is 11.4 Å². The lowest BCUT2D eigenvalue weighted by molar-refractivity contribution is -0.133. The van der Waals surface area contributed by atoms with Crippen molar-refractivity contribution in [2.75, 3.05) is 33.3 Å². The molecule has 0 saturated carbocycles. The van der Waals surface area contributed by atoms with Gasteiger partial charge >= 0.3 is 0 Å². The highest BCUT2D eigenvalue weighted by Crippen LogP contribution is 2.34. The van der Waals surface area contributed by atoms with Crippen molar-refractivity contribution in [1.29, 1.82) is 0 Å². The van der Waals surface area contributed by atoms with Gasteiger partial charge in [-0.15, -0.1) is 0 Å². The summed E-state index contributed by atoms with van der Waals surface area (Å²) in [4.78, 5) is 26.3. The van der Waals surface area contributed by atoms with Gasteiger partial charge in [0, 0.05) is 18.7 Å². The van der Waals surface area contributed by atoms with Crippen molar-refractivity contribution >= 4 is 5.91 Å². The second kappa shape index (κ2) is 9.70. The van der Waals surface area contributed by atoms with Crippen molar-refractivity contribution < 1.29 is 14.1 Å². The Morgan fingerprint density at radius 2 is 2.00 bits per heavy atom. The third kappa shape index (κ3) is 4.75. The predicted molar refractivity (Wildman–Crippen MR) is 123 cm³/mol. The van der Waals surface area contributed by atoms with Gasteiger partial charge in [-0.2, -0.15) is 4.98 Å². The molecule has 1 atom stereocenters. The first-order chi connectivity index (χ1) is 16.2. The molecule has 33 heavy (non-hydrogen) atoms. The predicted octanol–water partition coefficient (Wildman–Crippen LogP) is 3.68. The van der Waals surface area contributed by atoms with Crippen molar-refractivity contribution in [2.24, 2.45) is 0 Å². The molecule has 5 rings (SSSR count). The largest absolute Gasteiger partial charge is 0.497 e. The number of amides is 1. The van der Waals surface area contributed by atoms with Crippen LogP contribution in [0, 0.1) is 0 Å². The van der Waals surface area contributed by atoms with Crippen LogP contribution in [0.15, 0.2) is 53.2 Å². The minimum atomic E-state index is 0.133. The highest BCUT2D eigenvalue weighted by molar-refractivity contribution is 5.79. The number of piperidine rings is 1. The topological polar surface area (TPSA) is 84.6 Å². The van der Waals surface area contributed by atoms with E-state index in [1.807, 2.05) is 41.3 Å². The molecule has 172 valence electrons. The van der Waals surface area contributed by atoms with E-state index in [0.717, 1.165) is 56.6 Å². The number of benzene rings is 1. The number of rotatable bonds is 6. The van der Waals surface area contributed by atoms with Crippen LogP contribution >= 0.6 is 0 Å². The van der Waals surface area contributed by atoms with Crippen LogP contribution in [-0.2, 0) is 4.79 Å². The molecule has 4 heterocycles. The SMILES string of the molecule is COc1cccc(C2CCCN2C(=O)CN2CCC(c3nc(-c4ccccn4)no3)CC2)c1. The molecule has 0 radical (unpaired) electrons. The Kier molecular flexibility index (Phi) is 6.35. The number of ether oxygens (including phenoxy) is 1. The van der Waals surface area contributed by atoms with E-state index in [-0.39, 0.29) is 17.9 Å². The van der Waals surface area contributed by atoms with E-state index >= 15 is 0 Å². The number of likely N-dealkylation sites (tertiary alicyclic amines) is 2. The zero-order valence-electron chi connectivity index (χ0n) is 18.9. The van der Waals surface area contributed by atoms with E-state index in [0.29, 0.717) is 24.0 Å². The van der Waals surface area contributed by atoms with Crippen LogP contribution in [-0.4, -0.2) is 64.1 Å². The van der Waals surface area contributed by atoms with Crippen LogP contribution in [0.5, 0.6) is 5.75 Å².